The summed E-state index contributed by atoms with van der Waals surface area (Å²) in [5.74, 6) is -2.79. The quantitative estimate of drug-likeness (QED) is 0.431. The number of hydrogen-bond donors (Lipinski definition) is 3. The summed E-state index contributed by atoms with van der Waals surface area (Å²) >= 11 is 0.108. The molecule has 0 aliphatic rings. The maximum atomic E-state index is 10.4. The molecule has 88 valence electrons. The van der Waals surface area contributed by atoms with Gasteiger partial charge in [-0.3, -0.25) is 0 Å². The van der Waals surface area contributed by atoms with Gasteiger partial charge in [0.1, 0.15) is 0 Å². The van der Waals surface area contributed by atoms with Crippen molar-refractivity contribution in [2.24, 2.45) is 0 Å². The van der Waals surface area contributed by atoms with E-state index in [2.05, 4.69) is 3.02 Å². The number of aliphatic hydroxyl groups excluding tert-OH is 2. The van der Waals surface area contributed by atoms with Crippen LogP contribution in [0.3, 0.4) is 0 Å². The van der Waals surface area contributed by atoms with E-state index in [1.165, 1.54) is 0 Å². The molecule has 0 aromatic rings. The second kappa shape index (κ2) is 10.6. The Morgan fingerprint density at radius 2 is 1.43 bits per heavy atom. The Morgan fingerprint density at radius 3 is 1.64 bits per heavy atom. The summed E-state index contributed by atoms with van der Waals surface area (Å²) in [5, 5.41) is 25.3. The number of carbonyl (C=O) groups is 2. The van der Waals surface area contributed by atoms with Crippen molar-refractivity contribution >= 4 is 35.4 Å². The summed E-state index contributed by atoms with van der Waals surface area (Å²) in [5.41, 5.74) is 0. The summed E-state index contributed by atoms with van der Waals surface area (Å²) < 4.78 is 4.10. The first-order valence-electron chi connectivity index (χ1n) is 2.50. The normalized spacial score (nSPS) is 11.9. The van der Waals surface area contributed by atoms with Gasteiger partial charge in [-0.15, -0.1) is 0 Å². The Hall–Kier alpha value is -0.442. The van der Waals surface area contributed by atoms with Crippen LogP contribution >= 0.6 is 0 Å². The Bertz CT molecular complexity index is 170. The molecule has 9 nitrogen and oxygen atoms in total. The van der Waals surface area contributed by atoms with E-state index in [-0.39, 0.29) is 39.9 Å². The van der Waals surface area contributed by atoms with Crippen molar-refractivity contribution in [3.05, 3.63) is 0 Å². The van der Waals surface area contributed by atoms with Crippen molar-refractivity contribution < 1.29 is 44.4 Å². The van der Waals surface area contributed by atoms with Crippen LogP contribution in [-0.2, 0) is 12.6 Å². The molecular weight excluding hydrogens is 314 g/mol. The number of carbonyl (C=O) groups excluding carboxylic acids is 1. The van der Waals surface area contributed by atoms with Crippen molar-refractivity contribution in [2.45, 2.75) is 12.2 Å². The van der Waals surface area contributed by atoms with Gasteiger partial charge in [-0.25, -0.2) is 0 Å². The number of carboxylic acids is 1. The molecule has 9 N–H and O–H groups in total. The Balaban J connectivity index is -0.000000167. The van der Waals surface area contributed by atoms with Crippen molar-refractivity contribution in [3.63, 3.8) is 0 Å². The molecule has 0 aliphatic heterocycles. The second-order valence-corrected chi connectivity index (χ2v) is 2.34. The Labute approximate surface area is 92.3 Å². The molecule has 2 unspecified atom stereocenters. The molecule has 0 aliphatic carbocycles. The topological polar surface area (TPSA) is 199 Å². The molecule has 0 spiro atoms. The third kappa shape index (κ3) is 7.01. The number of aliphatic carboxylic acids is 1. The van der Waals surface area contributed by atoms with Crippen LogP contribution in [0.2, 0.25) is 0 Å². The van der Waals surface area contributed by atoms with E-state index in [9.17, 15) is 9.59 Å². The van der Waals surface area contributed by atoms with Crippen molar-refractivity contribution in [1.82, 2.24) is 0 Å². The van der Waals surface area contributed by atoms with Gasteiger partial charge in [0.15, 0.2) is 0 Å². The standard InChI is InChI=1S/C4H6O6.3H2O.Sb.2H/c5-1(3(7)8)2(6)4(9)10;;;;;;/h1-2,5-6H,(H,7,8)(H,9,10);3*1H2;;;/q;;;;+1;;/p-1. The van der Waals surface area contributed by atoms with Crippen LogP contribution in [0.5, 0.6) is 0 Å². The SMILES string of the molecule is O.O.O.O=C(O)C(O)C(O)C(=O)[O][SbH2]. The molecule has 0 saturated carbocycles. The average Bonchev–Trinajstić information content (AvgIpc) is 2.00. The van der Waals surface area contributed by atoms with E-state index in [0.29, 0.717) is 0 Å². The van der Waals surface area contributed by atoms with Gasteiger partial charge in [0.05, 0.1) is 0 Å². The molecule has 0 rings (SSSR count). The third-order valence-corrected chi connectivity index (χ3v) is 1.57. The molecule has 0 radical (unpaired) electrons. The Morgan fingerprint density at radius 1 is 1.07 bits per heavy atom. The van der Waals surface area contributed by atoms with Gasteiger partial charge in [-0.05, 0) is 0 Å². The van der Waals surface area contributed by atoms with E-state index in [4.69, 9.17) is 15.3 Å². The van der Waals surface area contributed by atoms with Crippen molar-refractivity contribution in [1.29, 1.82) is 0 Å². The fraction of sp³-hybridized carbons (Fsp3) is 0.500. The summed E-state index contributed by atoms with van der Waals surface area (Å²) in [6.07, 6.45) is -4.11. The molecule has 0 aromatic heterocycles. The second-order valence-electron chi connectivity index (χ2n) is 1.66. The zero-order chi connectivity index (χ0) is 9.02. The van der Waals surface area contributed by atoms with E-state index >= 15 is 0 Å². The van der Waals surface area contributed by atoms with Gasteiger partial charge in [-0.1, -0.05) is 0 Å². The van der Waals surface area contributed by atoms with E-state index in [1.54, 1.807) is 0 Å². The molecular formula is C4H13O9Sb. The number of hydrogen-bond acceptors (Lipinski definition) is 5. The van der Waals surface area contributed by atoms with Crippen LogP contribution in [-0.4, -0.2) is 79.3 Å². The zero-order valence-electron chi connectivity index (χ0n) is 6.80. The van der Waals surface area contributed by atoms with Gasteiger partial charge in [0.2, 0.25) is 0 Å². The summed E-state index contributed by atoms with van der Waals surface area (Å²) in [6, 6.07) is 0. The van der Waals surface area contributed by atoms with Crippen molar-refractivity contribution in [2.75, 3.05) is 0 Å². The van der Waals surface area contributed by atoms with Gasteiger partial charge < -0.3 is 16.4 Å². The average molecular weight is 327 g/mol. The fourth-order valence-corrected chi connectivity index (χ4v) is 0.732. The van der Waals surface area contributed by atoms with Gasteiger partial charge in [-0.2, -0.15) is 0 Å². The third-order valence-electron chi connectivity index (χ3n) is 0.910. The fourth-order valence-electron chi connectivity index (χ4n) is 0.334. The van der Waals surface area contributed by atoms with Gasteiger partial charge in [0.25, 0.3) is 0 Å². The van der Waals surface area contributed by atoms with Crippen LogP contribution in [0.1, 0.15) is 0 Å². The summed E-state index contributed by atoms with van der Waals surface area (Å²) in [7, 11) is 0. The molecule has 0 heterocycles. The first-order valence-corrected chi connectivity index (χ1v) is 3.84. The van der Waals surface area contributed by atoms with Crippen molar-refractivity contribution in [3.8, 4) is 0 Å². The monoisotopic (exact) mass is 326 g/mol. The molecule has 10 heteroatoms. The van der Waals surface area contributed by atoms with Gasteiger partial charge >= 0.3 is 75.5 Å². The van der Waals surface area contributed by atoms with Crippen LogP contribution in [0.25, 0.3) is 0 Å². The van der Waals surface area contributed by atoms with Crippen LogP contribution in [0.15, 0.2) is 0 Å². The summed E-state index contributed by atoms with van der Waals surface area (Å²) in [4.78, 5) is 20.3. The predicted octanol–water partition coefficient (Wildman–Crippen LogP) is -5.59. The molecule has 0 bridgehead atoms. The molecule has 2 atom stereocenters. The zero-order valence-corrected chi connectivity index (χ0v) is 10.1. The molecule has 0 saturated heterocycles. The number of aliphatic hydroxyl groups is 2. The first kappa shape index (κ1) is 23.4. The summed E-state index contributed by atoms with van der Waals surface area (Å²) in [6.45, 7) is 0. The number of rotatable bonds is 3. The van der Waals surface area contributed by atoms with Gasteiger partial charge in [0, 0.05) is 0 Å². The Kier molecular flexibility index (Phi) is 17.8. The minimum absolute atomic E-state index is 0. The van der Waals surface area contributed by atoms with Crippen LogP contribution in [0.4, 0.5) is 0 Å². The molecule has 0 amide bonds. The van der Waals surface area contributed by atoms with Crippen LogP contribution < -0.4 is 0 Å². The minimum atomic E-state index is -2.12. The number of carboxylic acid groups (broad SMARTS) is 1. The van der Waals surface area contributed by atoms with E-state index in [1.807, 2.05) is 0 Å². The van der Waals surface area contributed by atoms with E-state index in [0.717, 1.165) is 0 Å². The molecule has 0 aromatic carbocycles. The van der Waals surface area contributed by atoms with E-state index < -0.39 is 24.1 Å². The maximum absolute atomic E-state index is 10.4. The molecule has 14 heavy (non-hydrogen) atoms. The molecule has 0 fully saturated rings. The first-order chi connectivity index (χ1) is 5.00. The predicted molar refractivity (Wildman–Crippen MR) is 45.1 cm³/mol. The van der Waals surface area contributed by atoms with Crippen LogP contribution in [0, 0.1) is 0 Å².